The van der Waals surface area contributed by atoms with Gasteiger partial charge >= 0.3 is 5.70 Å². The summed E-state index contributed by atoms with van der Waals surface area (Å²) in [7, 11) is 1.34. The van der Waals surface area contributed by atoms with Crippen LogP contribution in [0.5, 0.6) is 0 Å². The SMILES string of the molecule is CON/C=C(\C=Nc1ccc(C#N)cc1)[N+](=O)[O-]. The molecular formula is C11H10N4O3. The van der Waals surface area contributed by atoms with Crippen molar-refractivity contribution in [3.8, 4) is 6.07 Å². The summed E-state index contributed by atoms with van der Waals surface area (Å²) in [4.78, 5) is 18.4. The van der Waals surface area contributed by atoms with E-state index in [9.17, 15) is 10.1 Å². The second kappa shape index (κ2) is 6.78. The van der Waals surface area contributed by atoms with E-state index in [0.717, 1.165) is 12.4 Å². The molecule has 18 heavy (non-hydrogen) atoms. The second-order valence-electron chi connectivity index (χ2n) is 3.07. The van der Waals surface area contributed by atoms with Crippen molar-refractivity contribution in [2.45, 2.75) is 0 Å². The standard InChI is InChI=1S/C11H10N4O3/c1-18-14-8-11(15(16)17)7-13-10-4-2-9(6-12)3-5-10/h2-5,7-8,14H,1H3/b11-8+,13-7?. The first-order valence-corrected chi connectivity index (χ1v) is 4.84. The highest BCUT2D eigenvalue weighted by atomic mass is 16.6. The van der Waals surface area contributed by atoms with Crippen LogP contribution in [0.1, 0.15) is 5.56 Å². The number of rotatable bonds is 5. The molecule has 0 radical (unpaired) electrons. The molecule has 0 saturated heterocycles. The van der Waals surface area contributed by atoms with E-state index in [-0.39, 0.29) is 5.70 Å². The molecule has 1 aromatic carbocycles. The van der Waals surface area contributed by atoms with Crippen LogP contribution in [-0.4, -0.2) is 18.2 Å². The third-order valence-corrected chi connectivity index (χ3v) is 1.88. The first kappa shape index (κ1) is 13.3. The van der Waals surface area contributed by atoms with Crippen LogP contribution >= 0.6 is 0 Å². The Bertz CT molecular complexity index is 514. The van der Waals surface area contributed by atoms with Crippen LogP contribution in [0.15, 0.2) is 41.2 Å². The quantitative estimate of drug-likeness (QED) is 0.482. The van der Waals surface area contributed by atoms with E-state index in [1.165, 1.54) is 7.11 Å². The number of nitrogens with one attached hydrogen (secondary N) is 1. The van der Waals surface area contributed by atoms with Gasteiger partial charge in [0.05, 0.1) is 29.4 Å². The molecule has 0 aliphatic carbocycles. The van der Waals surface area contributed by atoms with Crippen LogP contribution in [0.3, 0.4) is 0 Å². The average Bonchev–Trinajstić information content (AvgIpc) is 2.39. The van der Waals surface area contributed by atoms with Crippen LogP contribution in [0, 0.1) is 21.4 Å². The van der Waals surface area contributed by atoms with Gasteiger partial charge in [0.25, 0.3) is 0 Å². The lowest BCUT2D eigenvalue weighted by atomic mass is 10.2. The fourth-order valence-corrected chi connectivity index (χ4v) is 1.02. The first-order valence-electron chi connectivity index (χ1n) is 4.84. The Labute approximate surface area is 103 Å². The first-order chi connectivity index (χ1) is 8.67. The highest BCUT2D eigenvalue weighted by molar-refractivity contribution is 5.78. The number of hydroxylamine groups is 1. The van der Waals surface area contributed by atoms with Gasteiger partial charge in [-0.15, -0.1) is 0 Å². The zero-order valence-electron chi connectivity index (χ0n) is 9.53. The van der Waals surface area contributed by atoms with Gasteiger partial charge < -0.3 is 0 Å². The molecule has 0 aliphatic heterocycles. The maximum Gasteiger partial charge on any atom is 0.305 e. The van der Waals surface area contributed by atoms with Gasteiger partial charge in [-0.25, -0.2) is 4.99 Å². The lowest BCUT2D eigenvalue weighted by molar-refractivity contribution is -0.415. The molecule has 0 saturated carbocycles. The molecule has 1 rings (SSSR count). The predicted molar refractivity (Wildman–Crippen MR) is 64.5 cm³/mol. The summed E-state index contributed by atoms with van der Waals surface area (Å²) in [6.07, 6.45) is 2.17. The van der Waals surface area contributed by atoms with Crippen LogP contribution in [0.2, 0.25) is 0 Å². The molecule has 0 aromatic heterocycles. The Morgan fingerprint density at radius 3 is 2.72 bits per heavy atom. The fourth-order valence-electron chi connectivity index (χ4n) is 1.02. The normalized spacial score (nSPS) is 11.2. The number of nitrogens with zero attached hydrogens (tertiary/aromatic N) is 3. The van der Waals surface area contributed by atoms with Crippen molar-refractivity contribution in [1.29, 1.82) is 5.26 Å². The summed E-state index contributed by atoms with van der Waals surface area (Å²) in [6.45, 7) is 0. The van der Waals surface area contributed by atoms with Crippen molar-refractivity contribution >= 4 is 11.9 Å². The Morgan fingerprint density at radius 1 is 1.56 bits per heavy atom. The fraction of sp³-hybridized carbons (Fsp3) is 0.0909. The smallest absolute Gasteiger partial charge is 0.280 e. The lowest BCUT2D eigenvalue weighted by Gasteiger charge is -1.95. The van der Waals surface area contributed by atoms with Gasteiger partial charge in [-0.2, -0.15) is 5.26 Å². The number of hydrogen-bond acceptors (Lipinski definition) is 6. The van der Waals surface area contributed by atoms with E-state index in [1.807, 2.05) is 6.07 Å². The lowest BCUT2D eigenvalue weighted by Crippen LogP contribution is -2.08. The van der Waals surface area contributed by atoms with Crippen molar-refractivity contribution in [1.82, 2.24) is 5.48 Å². The van der Waals surface area contributed by atoms with Crippen LogP contribution in [-0.2, 0) is 4.84 Å². The van der Waals surface area contributed by atoms with Gasteiger partial charge in [-0.3, -0.25) is 20.4 Å². The minimum Gasteiger partial charge on any atom is -0.280 e. The summed E-state index contributed by atoms with van der Waals surface area (Å²) >= 11 is 0. The van der Waals surface area contributed by atoms with E-state index in [4.69, 9.17) is 5.26 Å². The molecule has 0 fully saturated rings. The molecule has 0 bridgehead atoms. The van der Waals surface area contributed by atoms with Crippen molar-refractivity contribution in [3.63, 3.8) is 0 Å². The van der Waals surface area contributed by atoms with E-state index in [0.29, 0.717) is 11.3 Å². The Balaban J connectivity index is 2.83. The molecule has 7 nitrogen and oxygen atoms in total. The molecule has 0 unspecified atom stereocenters. The van der Waals surface area contributed by atoms with E-state index in [2.05, 4.69) is 15.3 Å². The summed E-state index contributed by atoms with van der Waals surface area (Å²) < 4.78 is 0. The van der Waals surface area contributed by atoms with Gasteiger partial charge in [0, 0.05) is 0 Å². The Hall–Kier alpha value is -2.72. The van der Waals surface area contributed by atoms with E-state index < -0.39 is 4.92 Å². The van der Waals surface area contributed by atoms with Crippen molar-refractivity contribution in [2.24, 2.45) is 4.99 Å². The number of nitro groups is 1. The molecular weight excluding hydrogens is 236 g/mol. The van der Waals surface area contributed by atoms with Crippen LogP contribution < -0.4 is 5.48 Å². The summed E-state index contributed by atoms with van der Waals surface area (Å²) in [5, 5.41) is 19.2. The van der Waals surface area contributed by atoms with Crippen molar-refractivity contribution in [3.05, 3.63) is 51.8 Å². The van der Waals surface area contributed by atoms with Gasteiger partial charge in [-0.05, 0) is 24.3 Å². The summed E-state index contributed by atoms with van der Waals surface area (Å²) in [6, 6.07) is 8.31. The molecule has 0 spiro atoms. The van der Waals surface area contributed by atoms with Gasteiger partial charge in [-0.1, -0.05) is 0 Å². The predicted octanol–water partition coefficient (Wildman–Crippen LogP) is 1.53. The Morgan fingerprint density at radius 2 is 2.22 bits per heavy atom. The second-order valence-corrected chi connectivity index (χ2v) is 3.07. The third kappa shape index (κ3) is 4.03. The van der Waals surface area contributed by atoms with E-state index in [1.54, 1.807) is 24.3 Å². The molecule has 92 valence electrons. The molecule has 0 atom stereocenters. The molecule has 1 aromatic rings. The average molecular weight is 246 g/mol. The van der Waals surface area contributed by atoms with Crippen molar-refractivity contribution < 1.29 is 9.76 Å². The topological polar surface area (TPSA) is 101 Å². The number of nitriles is 1. The summed E-state index contributed by atoms with van der Waals surface area (Å²) in [5.41, 5.74) is 3.01. The molecule has 0 aliphatic rings. The monoisotopic (exact) mass is 246 g/mol. The number of aliphatic imine (C=N–C) groups is 1. The molecule has 0 heterocycles. The zero-order chi connectivity index (χ0) is 13.4. The Kier molecular flexibility index (Phi) is 5.02. The largest absolute Gasteiger partial charge is 0.305 e. The number of hydrogen-bond donors (Lipinski definition) is 1. The van der Waals surface area contributed by atoms with Gasteiger partial charge in [0.2, 0.25) is 0 Å². The number of allylic oxidation sites excluding steroid dienone is 1. The minimum atomic E-state index is -0.598. The number of benzene rings is 1. The zero-order valence-corrected chi connectivity index (χ0v) is 9.53. The van der Waals surface area contributed by atoms with E-state index >= 15 is 0 Å². The molecule has 7 heteroatoms. The maximum absolute atomic E-state index is 10.6. The van der Waals surface area contributed by atoms with Crippen LogP contribution in [0.4, 0.5) is 5.69 Å². The minimum absolute atomic E-state index is 0.249. The van der Waals surface area contributed by atoms with Crippen molar-refractivity contribution in [2.75, 3.05) is 7.11 Å². The summed E-state index contributed by atoms with van der Waals surface area (Å²) in [5.74, 6) is 0. The van der Waals surface area contributed by atoms with Crippen LogP contribution in [0.25, 0.3) is 0 Å². The maximum atomic E-state index is 10.6. The molecule has 0 amide bonds. The highest BCUT2D eigenvalue weighted by Gasteiger charge is 2.06. The third-order valence-electron chi connectivity index (χ3n) is 1.88. The highest BCUT2D eigenvalue weighted by Crippen LogP contribution is 2.12. The van der Waals surface area contributed by atoms with Gasteiger partial charge in [0.15, 0.2) is 0 Å². The molecule has 1 N–H and O–H groups in total. The van der Waals surface area contributed by atoms with Gasteiger partial charge in [0.1, 0.15) is 12.4 Å².